The van der Waals surface area contributed by atoms with Crippen molar-refractivity contribution in [2.24, 2.45) is 5.92 Å². The molecule has 1 N–H and O–H groups in total. The molecule has 0 heterocycles. The van der Waals surface area contributed by atoms with E-state index in [0.29, 0.717) is 12.3 Å². The van der Waals surface area contributed by atoms with E-state index in [-0.39, 0.29) is 5.91 Å². The zero-order chi connectivity index (χ0) is 13.5. The molecule has 0 spiro atoms. The fraction of sp³-hybridized carbons (Fsp3) is 0.846. The molecule has 4 heteroatoms. The van der Waals surface area contributed by atoms with Crippen molar-refractivity contribution in [3.05, 3.63) is 0 Å². The van der Waals surface area contributed by atoms with Crippen molar-refractivity contribution in [3.8, 4) is 0 Å². The highest BCUT2D eigenvalue weighted by Gasteiger charge is 2.41. The van der Waals surface area contributed by atoms with Crippen LogP contribution in [0.4, 0.5) is 0 Å². The normalized spacial score (nSPS) is 27.7. The van der Waals surface area contributed by atoms with E-state index >= 15 is 0 Å². The van der Waals surface area contributed by atoms with Crippen LogP contribution in [0, 0.1) is 5.92 Å². The molecule has 2 amide bonds. The number of imide groups is 1. The summed E-state index contributed by atoms with van der Waals surface area (Å²) in [7, 11) is 3.32. The fourth-order valence-corrected chi connectivity index (χ4v) is 2.21. The first-order valence-electron chi connectivity index (χ1n) is 6.47. The van der Waals surface area contributed by atoms with Gasteiger partial charge in [0.2, 0.25) is 12.3 Å². The van der Waals surface area contributed by atoms with Gasteiger partial charge in [-0.25, -0.2) is 0 Å². The molecule has 1 rings (SSSR count). The van der Waals surface area contributed by atoms with E-state index in [1.807, 2.05) is 13.8 Å². The molecule has 0 aliphatic heterocycles. The molecule has 4 nitrogen and oxygen atoms in total. The summed E-state index contributed by atoms with van der Waals surface area (Å²) in [4.78, 5) is 23.8. The van der Waals surface area contributed by atoms with Crippen LogP contribution in [0.1, 0.15) is 46.5 Å². The Kier molecular flexibility index (Phi) is 7.04. The molecule has 17 heavy (non-hydrogen) atoms. The van der Waals surface area contributed by atoms with E-state index in [9.17, 15) is 9.59 Å². The van der Waals surface area contributed by atoms with E-state index in [4.69, 9.17) is 0 Å². The van der Waals surface area contributed by atoms with Crippen molar-refractivity contribution >= 4 is 12.3 Å². The van der Waals surface area contributed by atoms with Crippen LogP contribution in [0.3, 0.4) is 0 Å². The van der Waals surface area contributed by atoms with Gasteiger partial charge in [0.25, 0.3) is 0 Å². The Hall–Kier alpha value is -0.900. The summed E-state index contributed by atoms with van der Waals surface area (Å²) in [6, 6.07) is 0. The van der Waals surface area contributed by atoms with Gasteiger partial charge in [-0.15, -0.1) is 0 Å². The standard InChI is InChI=1S/C11H20N2O2.C2H6/c1-9-4-6-11(12-2,7-5-9)10(15)13(3)8-14;1-2/h8-9,12H,4-7H2,1-3H3;1-2H3. The summed E-state index contributed by atoms with van der Waals surface area (Å²) < 4.78 is 0. The van der Waals surface area contributed by atoms with Gasteiger partial charge in [0.05, 0.1) is 5.54 Å². The highest BCUT2D eigenvalue weighted by molar-refractivity contribution is 5.93. The average Bonchev–Trinajstić information content (AvgIpc) is 2.40. The van der Waals surface area contributed by atoms with Crippen molar-refractivity contribution in [1.29, 1.82) is 0 Å². The average molecular weight is 242 g/mol. The Labute approximate surface area is 105 Å². The molecule has 0 saturated heterocycles. The Morgan fingerprint density at radius 2 is 1.82 bits per heavy atom. The molecule has 1 fully saturated rings. The maximum atomic E-state index is 12.0. The third-order valence-corrected chi connectivity index (χ3v) is 3.49. The number of nitrogens with one attached hydrogen (secondary N) is 1. The first-order valence-corrected chi connectivity index (χ1v) is 6.47. The largest absolute Gasteiger partial charge is 0.306 e. The molecule has 0 radical (unpaired) electrons. The lowest BCUT2D eigenvalue weighted by Gasteiger charge is -2.39. The summed E-state index contributed by atoms with van der Waals surface area (Å²) in [6.45, 7) is 6.20. The van der Waals surface area contributed by atoms with Gasteiger partial charge >= 0.3 is 0 Å². The third-order valence-electron chi connectivity index (χ3n) is 3.49. The molecule has 0 bridgehead atoms. The number of amides is 2. The molecular formula is C13H26N2O2. The minimum atomic E-state index is -0.512. The molecule has 0 aromatic rings. The van der Waals surface area contributed by atoms with Crippen molar-refractivity contribution in [2.75, 3.05) is 14.1 Å². The van der Waals surface area contributed by atoms with Crippen LogP contribution in [-0.2, 0) is 9.59 Å². The van der Waals surface area contributed by atoms with Gasteiger partial charge in [-0.3, -0.25) is 14.5 Å². The van der Waals surface area contributed by atoms with Crippen molar-refractivity contribution in [1.82, 2.24) is 10.2 Å². The zero-order valence-corrected chi connectivity index (χ0v) is 11.7. The number of carbonyl (C=O) groups is 2. The summed E-state index contributed by atoms with van der Waals surface area (Å²) in [5.74, 6) is 0.577. The second kappa shape index (κ2) is 7.43. The lowest BCUT2D eigenvalue weighted by atomic mass is 9.76. The summed E-state index contributed by atoms with van der Waals surface area (Å²) in [6.07, 6.45) is 4.31. The molecular weight excluding hydrogens is 216 g/mol. The van der Waals surface area contributed by atoms with Gasteiger partial charge in [0, 0.05) is 7.05 Å². The maximum Gasteiger partial charge on any atom is 0.248 e. The Bertz CT molecular complexity index is 246. The van der Waals surface area contributed by atoms with Crippen LogP contribution in [0.2, 0.25) is 0 Å². The van der Waals surface area contributed by atoms with Gasteiger partial charge in [-0.05, 0) is 38.6 Å². The van der Waals surface area contributed by atoms with E-state index < -0.39 is 5.54 Å². The Morgan fingerprint density at radius 3 is 2.18 bits per heavy atom. The van der Waals surface area contributed by atoms with E-state index in [1.54, 1.807) is 7.05 Å². The molecule has 1 aliphatic carbocycles. The second-order valence-electron chi connectivity index (χ2n) is 4.54. The quantitative estimate of drug-likeness (QED) is 0.768. The summed E-state index contributed by atoms with van der Waals surface area (Å²) in [5.41, 5.74) is -0.512. The number of rotatable bonds is 3. The highest BCUT2D eigenvalue weighted by Crippen LogP contribution is 2.32. The topological polar surface area (TPSA) is 49.4 Å². The zero-order valence-electron chi connectivity index (χ0n) is 11.7. The Morgan fingerprint density at radius 1 is 1.35 bits per heavy atom. The molecule has 0 aromatic heterocycles. The van der Waals surface area contributed by atoms with Crippen molar-refractivity contribution in [2.45, 2.75) is 52.0 Å². The van der Waals surface area contributed by atoms with E-state index in [0.717, 1.165) is 30.6 Å². The van der Waals surface area contributed by atoms with Crippen molar-refractivity contribution < 1.29 is 9.59 Å². The van der Waals surface area contributed by atoms with Crippen LogP contribution in [0.25, 0.3) is 0 Å². The Balaban J connectivity index is 0.00000121. The molecule has 100 valence electrons. The minimum absolute atomic E-state index is 0.105. The molecule has 1 aliphatic rings. The monoisotopic (exact) mass is 242 g/mol. The van der Waals surface area contributed by atoms with Gasteiger partial charge in [0.15, 0.2) is 0 Å². The van der Waals surface area contributed by atoms with E-state index in [1.165, 1.54) is 7.05 Å². The second-order valence-corrected chi connectivity index (χ2v) is 4.54. The lowest BCUT2D eigenvalue weighted by Crippen LogP contribution is -2.57. The van der Waals surface area contributed by atoms with Crippen molar-refractivity contribution in [3.63, 3.8) is 0 Å². The smallest absolute Gasteiger partial charge is 0.248 e. The maximum absolute atomic E-state index is 12.0. The van der Waals surface area contributed by atoms with E-state index in [2.05, 4.69) is 12.2 Å². The number of hydrogen-bond donors (Lipinski definition) is 1. The number of nitrogens with zero attached hydrogens (tertiary/aromatic N) is 1. The predicted octanol–water partition coefficient (Wildman–Crippen LogP) is 1.80. The predicted molar refractivity (Wildman–Crippen MR) is 69.6 cm³/mol. The van der Waals surface area contributed by atoms with Gasteiger partial charge < -0.3 is 5.32 Å². The minimum Gasteiger partial charge on any atom is -0.306 e. The molecule has 0 unspecified atom stereocenters. The van der Waals surface area contributed by atoms with Gasteiger partial charge in [0.1, 0.15) is 0 Å². The van der Waals surface area contributed by atoms with Gasteiger partial charge in [-0.2, -0.15) is 0 Å². The molecule has 1 saturated carbocycles. The third kappa shape index (κ3) is 3.80. The SMILES string of the molecule is CC.CNC1(C(=O)N(C)C=O)CCC(C)CC1. The first-order chi connectivity index (χ1) is 8.05. The highest BCUT2D eigenvalue weighted by atomic mass is 16.2. The van der Waals surface area contributed by atoms with Crippen LogP contribution in [0.5, 0.6) is 0 Å². The van der Waals surface area contributed by atoms with Crippen LogP contribution >= 0.6 is 0 Å². The fourth-order valence-electron chi connectivity index (χ4n) is 2.21. The summed E-state index contributed by atoms with van der Waals surface area (Å²) in [5, 5.41) is 3.10. The molecule has 0 aromatic carbocycles. The van der Waals surface area contributed by atoms with Crippen LogP contribution < -0.4 is 5.32 Å². The number of carbonyl (C=O) groups excluding carboxylic acids is 2. The number of likely N-dealkylation sites (N-methyl/N-ethyl adjacent to an activating group) is 2. The van der Waals surface area contributed by atoms with Gasteiger partial charge in [-0.1, -0.05) is 20.8 Å². The van der Waals surface area contributed by atoms with Crippen LogP contribution in [0.15, 0.2) is 0 Å². The number of hydrogen-bond acceptors (Lipinski definition) is 3. The first kappa shape index (κ1) is 16.1. The molecule has 0 atom stereocenters. The lowest BCUT2D eigenvalue weighted by molar-refractivity contribution is -0.143. The summed E-state index contributed by atoms with van der Waals surface area (Å²) >= 11 is 0. The van der Waals surface area contributed by atoms with Crippen LogP contribution in [-0.4, -0.2) is 36.9 Å².